The zero-order chi connectivity index (χ0) is 21.6. The van der Waals surface area contributed by atoms with Crippen LogP contribution in [0.3, 0.4) is 0 Å². The van der Waals surface area contributed by atoms with Crippen LogP contribution in [0, 0.1) is 17.7 Å². The van der Waals surface area contributed by atoms with Crippen LogP contribution in [-0.2, 0) is 6.42 Å². The minimum Gasteiger partial charge on any atom is -0.303 e. The SMILES string of the molecule is Fc1ccc(C2c3ccccc3CCN2[C@@H](C[C@@H]2CN3CCC2CC3)C(F)(F)F)cc1. The van der Waals surface area contributed by atoms with Gasteiger partial charge in [0.15, 0.2) is 0 Å². The summed E-state index contributed by atoms with van der Waals surface area (Å²) in [6.45, 7) is 3.17. The van der Waals surface area contributed by atoms with Crippen molar-refractivity contribution in [1.29, 1.82) is 0 Å². The predicted molar refractivity (Wildman–Crippen MR) is 112 cm³/mol. The van der Waals surface area contributed by atoms with Gasteiger partial charge in [-0.1, -0.05) is 36.4 Å². The maximum Gasteiger partial charge on any atom is 0.404 e. The minimum absolute atomic E-state index is 0.0835. The average Bonchev–Trinajstić information content (AvgIpc) is 2.77. The van der Waals surface area contributed by atoms with Crippen LogP contribution < -0.4 is 0 Å². The molecule has 31 heavy (non-hydrogen) atoms. The van der Waals surface area contributed by atoms with E-state index in [1.54, 1.807) is 17.0 Å². The van der Waals surface area contributed by atoms with Gasteiger partial charge in [-0.05, 0) is 79.4 Å². The fraction of sp³-hybridized carbons (Fsp3) is 0.520. The van der Waals surface area contributed by atoms with Gasteiger partial charge in [0, 0.05) is 13.1 Å². The normalized spacial score (nSPS) is 29.5. The summed E-state index contributed by atoms with van der Waals surface area (Å²) >= 11 is 0. The van der Waals surface area contributed by atoms with Gasteiger partial charge in [0.1, 0.15) is 11.9 Å². The Morgan fingerprint density at radius 1 is 0.935 bits per heavy atom. The summed E-state index contributed by atoms with van der Waals surface area (Å²) in [5.41, 5.74) is 2.71. The number of fused-ring (bicyclic) bond motifs is 4. The van der Waals surface area contributed by atoms with Crippen LogP contribution in [0.2, 0.25) is 0 Å². The molecule has 2 nitrogen and oxygen atoms in total. The lowest BCUT2D eigenvalue weighted by Gasteiger charge is -2.49. The van der Waals surface area contributed by atoms with Crippen molar-refractivity contribution >= 4 is 0 Å². The fourth-order valence-corrected chi connectivity index (χ4v) is 6.04. The number of alkyl halides is 3. The topological polar surface area (TPSA) is 6.48 Å². The van der Waals surface area contributed by atoms with E-state index in [4.69, 9.17) is 0 Å². The van der Waals surface area contributed by atoms with Crippen molar-refractivity contribution in [3.63, 3.8) is 0 Å². The minimum atomic E-state index is -4.31. The van der Waals surface area contributed by atoms with E-state index in [-0.39, 0.29) is 18.2 Å². The molecule has 2 aromatic rings. The van der Waals surface area contributed by atoms with Crippen molar-refractivity contribution in [2.45, 2.75) is 43.9 Å². The van der Waals surface area contributed by atoms with Crippen molar-refractivity contribution < 1.29 is 17.6 Å². The molecule has 3 atom stereocenters. The molecule has 4 heterocycles. The highest BCUT2D eigenvalue weighted by Gasteiger charge is 2.50. The van der Waals surface area contributed by atoms with Crippen molar-refractivity contribution in [3.8, 4) is 0 Å². The molecule has 4 aliphatic heterocycles. The number of hydrogen-bond acceptors (Lipinski definition) is 2. The van der Waals surface area contributed by atoms with Gasteiger partial charge in [-0.2, -0.15) is 13.2 Å². The summed E-state index contributed by atoms with van der Waals surface area (Å²) < 4.78 is 57.1. The molecule has 0 radical (unpaired) electrons. The first-order valence-corrected chi connectivity index (χ1v) is 11.3. The van der Waals surface area contributed by atoms with Crippen LogP contribution in [0.15, 0.2) is 48.5 Å². The molecule has 4 aliphatic rings. The Bertz CT molecular complexity index is 902. The summed E-state index contributed by atoms with van der Waals surface area (Å²) in [5.74, 6) is 0.107. The Morgan fingerprint density at radius 2 is 1.65 bits per heavy atom. The van der Waals surface area contributed by atoms with Crippen LogP contribution in [-0.4, -0.2) is 48.2 Å². The van der Waals surface area contributed by atoms with E-state index >= 15 is 0 Å². The lowest BCUT2D eigenvalue weighted by molar-refractivity contribution is -0.197. The van der Waals surface area contributed by atoms with E-state index in [2.05, 4.69) is 4.90 Å². The number of halogens is 4. The fourth-order valence-electron chi connectivity index (χ4n) is 6.04. The number of piperidine rings is 3. The smallest absolute Gasteiger partial charge is 0.303 e. The zero-order valence-corrected chi connectivity index (χ0v) is 17.5. The van der Waals surface area contributed by atoms with E-state index in [9.17, 15) is 17.6 Å². The van der Waals surface area contributed by atoms with Gasteiger partial charge < -0.3 is 4.90 Å². The van der Waals surface area contributed by atoms with E-state index < -0.39 is 18.3 Å². The second-order valence-corrected chi connectivity index (χ2v) is 9.33. The molecule has 166 valence electrons. The molecule has 0 spiro atoms. The number of rotatable bonds is 4. The van der Waals surface area contributed by atoms with E-state index in [1.807, 2.05) is 24.3 Å². The van der Waals surface area contributed by atoms with Gasteiger partial charge >= 0.3 is 6.18 Å². The maximum atomic E-state index is 14.5. The summed E-state index contributed by atoms with van der Waals surface area (Å²) in [6, 6.07) is 11.7. The van der Waals surface area contributed by atoms with Crippen molar-refractivity contribution in [3.05, 3.63) is 71.0 Å². The summed E-state index contributed by atoms with van der Waals surface area (Å²) in [4.78, 5) is 3.97. The van der Waals surface area contributed by atoms with Gasteiger partial charge in [0.05, 0.1) is 6.04 Å². The molecule has 0 N–H and O–H groups in total. The molecule has 6 heteroatoms. The highest BCUT2D eigenvalue weighted by Crippen LogP contribution is 2.44. The first kappa shape index (κ1) is 21.0. The van der Waals surface area contributed by atoms with Crippen molar-refractivity contribution in [2.75, 3.05) is 26.2 Å². The van der Waals surface area contributed by atoms with E-state index in [0.717, 1.165) is 49.2 Å². The molecule has 2 bridgehead atoms. The molecular weight excluding hydrogens is 404 g/mol. The van der Waals surface area contributed by atoms with Gasteiger partial charge in [-0.3, -0.25) is 4.90 Å². The van der Waals surface area contributed by atoms with E-state index in [0.29, 0.717) is 18.9 Å². The Morgan fingerprint density at radius 3 is 2.29 bits per heavy atom. The third-order valence-electron chi connectivity index (χ3n) is 7.60. The third kappa shape index (κ3) is 4.12. The molecule has 0 amide bonds. The number of hydrogen-bond donors (Lipinski definition) is 0. The Kier molecular flexibility index (Phi) is 5.55. The lowest BCUT2D eigenvalue weighted by atomic mass is 9.75. The first-order chi connectivity index (χ1) is 14.9. The van der Waals surface area contributed by atoms with Crippen molar-refractivity contribution in [2.24, 2.45) is 11.8 Å². The van der Waals surface area contributed by atoms with Gasteiger partial charge in [-0.25, -0.2) is 4.39 Å². The highest BCUT2D eigenvalue weighted by molar-refractivity contribution is 5.40. The van der Waals surface area contributed by atoms with Crippen LogP contribution in [0.5, 0.6) is 0 Å². The highest BCUT2D eigenvalue weighted by atomic mass is 19.4. The quantitative estimate of drug-likeness (QED) is 0.594. The van der Waals surface area contributed by atoms with Crippen LogP contribution in [0.4, 0.5) is 17.6 Å². The molecular formula is C25H28F4N2. The molecule has 6 rings (SSSR count). The molecule has 3 saturated heterocycles. The summed E-state index contributed by atoms with van der Waals surface area (Å²) in [6.07, 6.45) is -1.54. The monoisotopic (exact) mass is 432 g/mol. The third-order valence-corrected chi connectivity index (χ3v) is 7.60. The van der Waals surface area contributed by atoms with Crippen LogP contribution in [0.1, 0.15) is 42.0 Å². The largest absolute Gasteiger partial charge is 0.404 e. The Hall–Kier alpha value is -1.92. The van der Waals surface area contributed by atoms with Gasteiger partial charge in [0.25, 0.3) is 0 Å². The number of benzene rings is 2. The Labute approximate surface area is 180 Å². The average molecular weight is 433 g/mol. The number of nitrogens with zero attached hydrogens (tertiary/aromatic N) is 2. The molecule has 0 saturated carbocycles. The molecule has 0 aliphatic carbocycles. The van der Waals surface area contributed by atoms with Gasteiger partial charge in [-0.15, -0.1) is 0 Å². The van der Waals surface area contributed by atoms with Gasteiger partial charge in [0.2, 0.25) is 0 Å². The molecule has 1 unspecified atom stereocenters. The Balaban J connectivity index is 1.51. The first-order valence-electron chi connectivity index (χ1n) is 11.3. The predicted octanol–water partition coefficient (Wildman–Crippen LogP) is 5.44. The summed E-state index contributed by atoms with van der Waals surface area (Å²) in [7, 11) is 0. The lowest BCUT2D eigenvalue weighted by Crippen LogP contribution is -2.54. The van der Waals surface area contributed by atoms with Crippen LogP contribution in [0.25, 0.3) is 0 Å². The van der Waals surface area contributed by atoms with Crippen molar-refractivity contribution in [1.82, 2.24) is 9.80 Å². The maximum absolute atomic E-state index is 14.5. The molecule has 2 aromatic carbocycles. The summed E-state index contributed by atoms with van der Waals surface area (Å²) in [5, 5.41) is 0. The standard InChI is InChI=1S/C25H28F4N2/c26-21-7-5-19(6-8-21)24-22-4-2-1-3-18(22)11-14-31(24)23(25(27,28)29)15-20-16-30-12-9-17(20)10-13-30/h1-8,17,20,23-24H,9-16H2/t20-,23+,24?/m1/s1. The second-order valence-electron chi connectivity index (χ2n) is 9.33. The van der Waals surface area contributed by atoms with E-state index in [1.165, 1.54) is 12.1 Å². The molecule has 0 aromatic heterocycles. The molecule has 3 fully saturated rings. The second kappa shape index (κ2) is 8.21. The van der Waals surface area contributed by atoms with Crippen LogP contribution >= 0.6 is 0 Å². The zero-order valence-electron chi connectivity index (χ0n) is 17.5.